The van der Waals surface area contributed by atoms with Gasteiger partial charge in [0.15, 0.2) is 0 Å². The van der Waals surface area contributed by atoms with Crippen LogP contribution in [0.2, 0.25) is 5.02 Å². The van der Waals surface area contributed by atoms with Crippen LogP contribution in [0.4, 0.5) is 10.1 Å². The van der Waals surface area contributed by atoms with Crippen molar-refractivity contribution in [3.63, 3.8) is 0 Å². The molecule has 0 saturated heterocycles. The molecular weight excluding hydrogens is 265 g/mol. The molecule has 19 heavy (non-hydrogen) atoms. The van der Waals surface area contributed by atoms with Crippen molar-refractivity contribution < 1.29 is 9.13 Å². The Hall–Kier alpha value is -1.74. The van der Waals surface area contributed by atoms with Crippen molar-refractivity contribution in [3.05, 3.63) is 58.9 Å². The molecule has 0 heterocycles. The van der Waals surface area contributed by atoms with Gasteiger partial charge in [0.25, 0.3) is 0 Å². The summed E-state index contributed by atoms with van der Waals surface area (Å²) in [6, 6.07) is 12.1. The summed E-state index contributed by atoms with van der Waals surface area (Å²) < 4.78 is 18.7. The number of hydrogen-bond acceptors (Lipinski definition) is 2. The van der Waals surface area contributed by atoms with Crippen LogP contribution < -0.4 is 10.1 Å². The van der Waals surface area contributed by atoms with Crippen LogP contribution in [0.5, 0.6) is 5.75 Å². The van der Waals surface area contributed by atoms with Gasteiger partial charge in [-0.25, -0.2) is 4.39 Å². The number of anilines is 1. The molecule has 2 nitrogen and oxygen atoms in total. The van der Waals surface area contributed by atoms with Crippen molar-refractivity contribution >= 4 is 17.3 Å². The molecule has 0 bridgehead atoms. The zero-order valence-electron chi connectivity index (χ0n) is 10.6. The number of benzene rings is 2. The van der Waals surface area contributed by atoms with Gasteiger partial charge in [0.2, 0.25) is 0 Å². The maximum absolute atomic E-state index is 13.2. The number of ether oxygens (including phenoxy) is 1. The molecule has 0 fully saturated rings. The third-order valence-corrected chi connectivity index (χ3v) is 2.84. The fourth-order valence-electron chi connectivity index (χ4n) is 1.80. The van der Waals surface area contributed by atoms with E-state index in [-0.39, 0.29) is 5.82 Å². The molecule has 0 spiro atoms. The molecule has 0 saturated carbocycles. The van der Waals surface area contributed by atoms with Crippen molar-refractivity contribution in [2.45, 2.75) is 13.5 Å². The Balaban J connectivity index is 2.09. The van der Waals surface area contributed by atoms with Gasteiger partial charge in [0, 0.05) is 22.8 Å². The van der Waals surface area contributed by atoms with E-state index in [1.54, 1.807) is 6.07 Å². The monoisotopic (exact) mass is 279 g/mol. The first-order valence-corrected chi connectivity index (χ1v) is 6.47. The molecule has 0 amide bonds. The van der Waals surface area contributed by atoms with E-state index < -0.39 is 0 Å². The minimum absolute atomic E-state index is 0.354. The van der Waals surface area contributed by atoms with E-state index in [0.29, 0.717) is 23.9 Å². The van der Waals surface area contributed by atoms with E-state index >= 15 is 0 Å². The van der Waals surface area contributed by atoms with Gasteiger partial charge in [-0.1, -0.05) is 29.8 Å². The SMILES string of the molecule is CCOc1ccccc1CNc1cc(F)cc(Cl)c1. The summed E-state index contributed by atoms with van der Waals surface area (Å²) in [7, 11) is 0. The van der Waals surface area contributed by atoms with Crippen molar-refractivity contribution in [2.24, 2.45) is 0 Å². The summed E-state index contributed by atoms with van der Waals surface area (Å²) in [6.07, 6.45) is 0. The van der Waals surface area contributed by atoms with Crippen molar-refractivity contribution in [1.82, 2.24) is 0 Å². The first-order chi connectivity index (χ1) is 9.19. The van der Waals surface area contributed by atoms with Crippen LogP contribution in [0.1, 0.15) is 12.5 Å². The summed E-state index contributed by atoms with van der Waals surface area (Å²) in [5.41, 5.74) is 1.67. The molecule has 0 aliphatic carbocycles. The minimum Gasteiger partial charge on any atom is -0.494 e. The first kappa shape index (κ1) is 13.7. The normalized spacial score (nSPS) is 10.3. The topological polar surface area (TPSA) is 21.3 Å². The molecule has 2 rings (SSSR count). The first-order valence-electron chi connectivity index (χ1n) is 6.09. The van der Waals surface area contributed by atoms with Gasteiger partial charge in [-0.15, -0.1) is 0 Å². The zero-order valence-corrected chi connectivity index (χ0v) is 11.4. The lowest BCUT2D eigenvalue weighted by Crippen LogP contribution is -2.03. The molecule has 2 aromatic rings. The van der Waals surface area contributed by atoms with Gasteiger partial charge in [-0.05, 0) is 31.2 Å². The highest BCUT2D eigenvalue weighted by atomic mass is 35.5. The minimum atomic E-state index is -0.354. The molecular formula is C15H15ClFNO. The Kier molecular flexibility index (Phi) is 4.63. The highest BCUT2D eigenvalue weighted by molar-refractivity contribution is 6.30. The molecule has 100 valence electrons. The van der Waals surface area contributed by atoms with Gasteiger partial charge in [-0.3, -0.25) is 0 Å². The Morgan fingerprint density at radius 3 is 2.74 bits per heavy atom. The summed E-state index contributed by atoms with van der Waals surface area (Å²) in [5.74, 6) is 0.480. The standard InChI is InChI=1S/C15H15ClFNO/c1-2-19-15-6-4-3-5-11(15)10-18-14-8-12(16)7-13(17)9-14/h3-9,18H,2,10H2,1H3. The molecule has 0 atom stereocenters. The molecule has 4 heteroatoms. The Morgan fingerprint density at radius 1 is 1.21 bits per heavy atom. The van der Waals surface area contributed by atoms with E-state index in [0.717, 1.165) is 11.3 Å². The predicted molar refractivity (Wildman–Crippen MR) is 76.3 cm³/mol. The van der Waals surface area contributed by atoms with Crippen molar-refractivity contribution in [1.29, 1.82) is 0 Å². The van der Waals surface area contributed by atoms with Gasteiger partial charge in [0.05, 0.1) is 6.61 Å². The Bertz CT molecular complexity index is 539. The maximum atomic E-state index is 13.2. The highest BCUT2D eigenvalue weighted by Gasteiger charge is 2.03. The van der Waals surface area contributed by atoms with E-state index in [4.69, 9.17) is 16.3 Å². The molecule has 0 aromatic heterocycles. The highest BCUT2D eigenvalue weighted by Crippen LogP contribution is 2.22. The quantitative estimate of drug-likeness (QED) is 0.871. The molecule has 0 aliphatic heterocycles. The molecule has 0 radical (unpaired) electrons. The van der Waals surface area contributed by atoms with Gasteiger partial charge in [0.1, 0.15) is 11.6 Å². The van der Waals surface area contributed by atoms with Crippen LogP contribution in [0.25, 0.3) is 0 Å². The summed E-state index contributed by atoms with van der Waals surface area (Å²) in [4.78, 5) is 0. The van der Waals surface area contributed by atoms with Gasteiger partial charge >= 0.3 is 0 Å². The second-order valence-corrected chi connectivity index (χ2v) is 4.49. The number of para-hydroxylation sites is 1. The second kappa shape index (κ2) is 6.43. The Labute approximate surface area is 117 Å². The van der Waals surface area contributed by atoms with Crippen molar-refractivity contribution in [2.75, 3.05) is 11.9 Å². The van der Waals surface area contributed by atoms with E-state index in [1.807, 2.05) is 31.2 Å². The summed E-state index contributed by atoms with van der Waals surface area (Å²) in [6.45, 7) is 3.11. The van der Waals surface area contributed by atoms with Crippen LogP contribution in [-0.4, -0.2) is 6.61 Å². The number of hydrogen-bond donors (Lipinski definition) is 1. The van der Waals surface area contributed by atoms with Crippen molar-refractivity contribution in [3.8, 4) is 5.75 Å². The third-order valence-electron chi connectivity index (χ3n) is 2.62. The average Bonchev–Trinajstić information content (AvgIpc) is 2.37. The molecule has 2 aromatic carbocycles. The molecule has 0 aliphatic rings. The third kappa shape index (κ3) is 3.86. The van der Waals surface area contributed by atoms with Crippen LogP contribution in [0.3, 0.4) is 0 Å². The fourth-order valence-corrected chi connectivity index (χ4v) is 2.02. The average molecular weight is 280 g/mol. The molecule has 1 N–H and O–H groups in total. The number of halogens is 2. The largest absolute Gasteiger partial charge is 0.494 e. The lowest BCUT2D eigenvalue weighted by Gasteiger charge is -2.12. The predicted octanol–water partition coefficient (Wildman–Crippen LogP) is 4.49. The lowest BCUT2D eigenvalue weighted by atomic mass is 10.2. The van der Waals surface area contributed by atoms with Crippen LogP contribution in [0, 0.1) is 5.82 Å². The maximum Gasteiger partial charge on any atom is 0.126 e. The fraction of sp³-hybridized carbons (Fsp3) is 0.200. The zero-order chi connectivity index (χ0) is 13.7. The summed E-state index contributed by atoms with van der Waals surface area (Å²) >= 11 is 5.81. The number of nitrogens with one attached hydrogen (secondary N) is 1. The van der Waals surface area contributed by atoms with Gasteiger partial charge in [-0.2, -0.15) is 0 Å². The lowest BCUT2D eigenvalue weighted by molar-refractivity contribution is 0.337. The van der Waals surface area contributed by atoms with Crippen LogP contribution >= 0.6 is 11.6 Å². The van der Waals surface area contributed by atoms with E-state index in [9.17, 15) is 4.39 Å². The Morgan fingerprint density at radius 2 is 2.00 bits per heavy atom. The van der Waals surface area contributed by atoms with Crippen LogP contribution in [-0.2, 0) is 6.54 Å². The van der Waals surface area contributed by atoms with E-state index in [2.05, 4.69) is 5.32 Å². The van der Waals surface area contributed by atoms with Gasteiger partial charge < -0.3 is 10.1 Å². The van der Waals surface area contributed by atoms with Crippen LogP contribution in [0.15, 0.2) is 42.5 Å². The molecule has 0 unspecified atom stereocenters. The smallest absolute Gasteiger partial charge is 0.126 e. The summed E-state index contributed by atoms with van der Waals surface area (Å²) in [5, 5.41) is 3.51. The number of rotatable bonds is 5. The second-order valence-electron chi connectivity index (χ2n) is 4.05. The van der Waals surface area contributed by atoms with E-state index in [1.165, 1.54) is 12.1 Å².